The molecular weight excluding hydrogens is 314 g/mol. The molecule has 0 saturated carbocycles. The highest BCUT2D eigenvalue weighted by atomic mass is 16.5. The zero-order chi connectivity index (χ0) is 17.2. The number of benzene rings is 1. The minimum absolute atomic E-state index is 0.527. The number of aromatic nitrogens is 1. The van der Waals surface area contributed by atoms with Gasteiger partial charge in [-0.05, 0) is 63.0 Å². The summed E-state index contributed by atoms with van der Waals surface area (Å²) in [5, 5.41) is 1.16. The van der Waals surface area contributed by atoms with Gasteiger partial charge in [0.2, 0.25) is 0 Å². The van der Waals surface area contributed by atoms with Gasteiger partial charge in [-0.15, -0.1) is 0 Å². The molecule has 0 radical (unpaired) electrons. The number of fused-ring (bicyclic) bond motifs is 3. The fourth-order valence-corrected chi connectivity index (χ4v) is 4.11. The molecule has 0 aliphatic carbocycles. The van der Waals surface area contributed by atoms with Crippen LogP contribution in [0.4, 0.5) is 0 Å². The van der Waals surface area contributed by atoms with E-state index in [1.807, 2.05) is 18.3 Å². The molecule has 2 aliphatic rings. The third kappa shape index (κ3) is 3.44. The largest absolute Gasteiger partial charge is 0.497 e. The Hall–Kier alpha value is -1.85. The van der Waals surface area contributed by atoms with Crippen LogP contribution in [0, 0.1) is 11.8 Å². The summed E-state index contributed by atoms with van der Waals surface area (Å²) in [4.78, 5) is 7.10. The van der Waals surface area contributed by atoms with Crippen LogP contribution in [0.2, 0.25) is 0 Å². The Kier molecular flexibility index (Phi) is 4.77. The standard InChI is InChI=1S/C20H27N3O2/c1-24-16-2-3-19-17(9-16)18-8-15(13-25-20(18)11-22-19)12-23-6-4-14(10-21)5-7-23/h2-3,9,11,14-15H,4-8,10,12-13,21H2,1H3. The van der Waals surface area contributed by atoms with Crippen molar-refractivity contribution in [2.75, 3.05) is 39.9 Å². The fourth-order valence-electron chi connectivity index (χ4n) is 4.11. The van der Waals surface area contributed by atoms with Gasteiger partial charge in [0, 0.05) is 23.4 Å². The van der Waals surface area contributed by atoms with Gasteiger partial charge in [0.25, 0.3) is 0 Å². The molecule has 2 N–H and O–H groups in total. The van der Waals surface area contributed by atoms with Gasteiger partial charge in [-0.1, -0.05) is 0 Å². The van der Waals surface area contributed by atoms with E-state index < -0.39 is 0 Å². The Morgan fingerprint density at radius 3 is 2.88 bits per heavy atom. The molecule has 1 unspecified atom stereocenters. The molecule has 4 rings (SSSR count). The predicted molar refractivity (Wildman–Crippen MR) is 99.2 cm³/mol. The maximum Gasteiger partial charge on any atom is 0.141 e. The number of nitrogens with zero attached hydrogens (tertiary/aromatic N) is 2. The van der Waals surface area contributed by atoms with Crippen LogP contribution in [0.25, 0.3) is 10.9 Å². The van der Waals surface area contributed by atoms with Crippen molar-refractivity contribution >= 4 is 10.9 Å². The van der Waals surface area contributed by atoms with Crippen molar-refractivity contribution in [1.82, 2.24) is 9.88 Å². The molecule has 0 bridgehead atoms. The molecular formula is C20H27N3O2. The molecule has 3 heterocycles. The lowest BCUT2D eigenvalue weighted by molar-refractivity contribution is 0.128. The molecule has 1 saturated heterocycles. The van der Waals surface area contributed by atoms with E-state index >= 15 is 0 Å². The van der Waals surface area contributed by atoms with Crippen molar-refractivity contribution < 1.29 is 9.47 Å². The lowest BCUT2D eigenvalue weighted by Gasteiger charge is -2.35. The number of likely N-dealkylation sites (tertiary alicyclic amines) is 1. The van der Waals surface area contributed by atoms with Crippen LogP contribution in [0.1, 0.15) is 18.4 Å². The zero-order valence-electron chi connectivity index (χ0n) is 14.9. The molecule has 2 aliphatic heterocycles. The molecule has 134 valence electrons. The number of nitrogens with two attached hydrogens (primary N) is 1. The first-order valence-corrected chi connectivity index (χ1v) is 9.27. The molecule has 5 nitrogen and oxygen atoms in total. The molecule has 1 fully saturated rings. The SMILES string of the molecule is COc1ccc2ncc3c(c2c1)CC(CN1CCC(CN)CC1)CO3. The molecule has 1 atom stereocenters. The van der Waals surface area contributed by atoms with Gasteiger partial charge >= 0.3 is 0 Å². The van der Waals surface area contributed by atoms with Gasteiger partial charge in [-0.2, -0.15) is 0 Å². The van der Waals surface area contributed by atoms with E-state index in [1.165, 1.54) is 18.4 Å². The molecule has 1 aromatic carbocycles. The van der Waals surface area contributed by atoms with Crippen LogP contribution >= 0.6 is 0 Å². The lowest BCUT2D eigenvalue weighted by Crippen LogP contribution is -2.41. The summed E-state index contributed by atoms with van der Waals surface area (Å²) in [7, 11) is 1.70. The van der Waals surface area contributed by atoms with Crippen LogP contribution in [0.5, 0.6) is 11.5 Å². The van der Waals surface area contributed by atoms with Gasteiger partial charge < -0.3 is 20.1 Å². The molecule has 0 amide bonds. The monoisotopic (exact) mass is 341 g/mol. The minimum atomic E-state index is 0.527. The summed E-state index contributed by atoms with van der Waals surface area (Å²) >= 11 is 0. The first-order chi connectivity index (χ1) is 12.3. The smallest absolute Gasteiger partial charge is 0.141 e. The topological polar surface area (TPSA) is 60.6 Å². The van der Waals surface area contributed by atoms with Crippen LogP contribution in [0.3, 0.4) is 0 Å². The van der Waals surface area contributed by atoms with Crippen LogP contribution < -0.4 is 15.2 Å². The third-order valence-electron chi connectivity index (χ3n) is 5.67. The van der Waals surface area contributed by atoms with Gasteiger partial charge in [0.1, 0.15) is 11.5 Å². The maximum absolute atomic E-state index is 6.05. The molecule has 5 heteroatoms. The van der Waals surface area contributed by atoms with Crippen molar-refractivity contribution in [3.63, 3.8) is 0 Å². The second-order valence-electron chi connectivity index (χ2n) is 7.34. The number of methoxy groups -OCH3 is 1. The van der Waals surface area contributed by atoms with E-state index in [1.54, 1.807) is 7.11 Å². The van der Waals surface area contributed by atoms with Crippen LogP contribution in [-0.4, -0.2) is 49.8 Å². The summed E-state index contributed by atoms with van der Waals surface area (Å²) in [6, 6.07) is 6.07. The van der Waals surface area contributed by atoms with E-state index in [9.17, 15) is 0 Å². The highest BCUT2D eigenvalue weighted by Crippen LogP contribution is 2.34. The zero-order valence-corrected chi connectivity index (χ0v) is 14.9. The normalized spacial score (nSPS) is 21.8. The highest BCUT2D eigenvalue weighted by molar-refractivity contribution is 5.85. The van der Waals surface area contributed by atoms with E-state index in [4.69, 9.17) is 15.2 Å². The van der Waals surface area contributed by atoms with E-state index in [2.05, 4.69) is 16.0 Å². The van der Waals surface area contributed by atoms with Crippen molar-refractivity contribution in [3.8, 4) is 11.5 Å². The second kappa shape index (κ2) is 7.18. The second-order valence-corrected chi connectivity index (χ2v) is 7.34. The Labute approximate surface area is 149 Å². The number of piperidine rings is 1. The van der Waals surface area contributed by atoms with Crippen molar-refractivity contribution in [2.24, 2.45) is 17.6 Å². The molecule has 25 heavy (non-hydrogen) atoms. The summed E-state index contributed by atoms with van der Waals surface area (Å²) in [6.45, 7) is 5.03. The summed E-state index contributed by atoms with van der Waals surface area (Å²) in [5.74, 6) is 3.04. The summed E-state index contributed by atoms with van der Waals surface area (Å²) in [5.41, 5.74) is 8.09. The number of rotatable bonds is 4. The number of ether oxygens (including phenoxy) is 2. The lowest BCUT2D eigenvalue weighted by atomic mass is 9.92. The molecule has 0 spiro atoms. The highest BCUT2D eigenvalue weighted by Gasteiger charge is 2.26. The van der Waals surface area contributed by atoms with E-state index in [0.29, 0.717) is 11.8 Å². The summed E-state index contributed by atoms with van der Waals surface area (Å²) in [6.07, 6.45) is 5.36. The van der Waals surface area contributed by atoms with E-state index in [-0.39, 0.29) is 0 Å². The number of hydrogen-bond donors (Lipinski definition) is 1. The number of pyridine rings is 1. The molecule has 1 aromatic heterocycles. The summed E-state index contributed by atoms with van der Waals surface area (Å²) < 4.78 is 11.4. The average Bonchev–Trinajstić information content (AvgIpc) is 2.68. The van der Waals surface area contributed by atoms with Crippen molar-refractivity contribution in [3.05, 3.63) is 30.0 Å². The van der Waals surface area contributed by atoms with Crippen LogP contribution in [0.15, 0.2) is 24.4 Å². The first-order valence-electron chi connectivity index (χ1n) is 9.27. The third-order valence-corrected chi connectivity index (χ3v) is 5.67. The maximum atomic E-state index is 6.05. The van der Waals surface area contributed by atoms with Gasteiger partial charge in [0.15, 0.2) is 0 Å². The minimum Gasteiger partial charge on any atom is -0.497 e. The quantitative estimate of drug-likeness (QED) is 0.926. The molecule has 2 aromatic rings. The Bertz CT molecular complexity index is 736. The van der Waals surface area contributed by atoms with E-state index in [0.717, 1.165) is 61.6 Å². The Morgan fingerprint density at radius 2 is 2.12 bits per heavy atom. The van der Waals surface area contributed by atoms with Gasteiger partial charge in [-0.25, -0.2) is 0 Å². The Morgan fingerprint density at radius 1 is 1.28 bits per heavy atom. The van der Waals surface area contributed by atoms with Gasteiger partial charge in [0.05, 0.1) is 25.4 Å². The van der Waals surface area contributed by atoms with Crippen molar-refractivity contribution in [1.29, 1.82) is 0 Å². The van der Waals surface area contributed by atoms with Crippen molar-refractivity contribution in [2.45, 2.75) is 19.3 Å². The Balaban J connectivity index is 1.51. The first kappa shape index (κ1) is 16.6. The van der Waals surface area contributed by atoms with Gasteiger partial charge in [-0.3, -0.25) is 4.98 Å². The average molecular weight is 341 g/mol. The number of hydrogen-bond acceptors (Lipinski definition) is 5. The van der Waals surface area contributed by atoms with Crippen LogP contribution in [-0.2, 0) is 6.42 Å². The predicted octanol–water partition coefficient (Wildman–Crippen LogP) is 2.47. The fraction of sp³-hybridized carbons (Fsp3) is 0.550.